The molecule has 1 heterocycles. The van der Waals surface area contributed by atoms with Crippen LogP contribution in [0.15, 0.2) is 30.5 Å². The molecule has 0 saturated heterocycles. The summed E-state index contributed by atoms with van der Waals surface area (Å²) in [7, 11) is 0. The molecule has 0 bridgehead atoms. The molecule has 0 atom stereocenters. The van der Waals surface area contributed by atoms with Gasteiger partial charge in [0.1, 0.15) is 0 Å². The van der Waals surface area contributed by atoms with Crippen molar-refractivity contribution in [3.05, 3.63) is 36.0 Å². The Kier molecular flexibility index (Phi) is 1.79. The van der Waals surface area contributed by atoms with Crippen molar-refractivity contribution in [3.8, 4) is 0 Å². The number of nitrogens with one attached hydrogen (secondary N) is 1. The maximum atomic E-state index is 6.34. The van der Waals surface area contributed by atoms with Crippen LogP contribution in [0.2, 0.25) is 0 Å². The van der Waals surface area contributed by atoms with Gasteiger partial charge < -0.3 is 10.7 Å². The Morgan fingerprint density at radius 2 is 1.94 bits per heavy atom. The van der Waals surface area contributed by atoms with E-state index in [0.29, 0.717) is 0 Å². The van der Waals surface area contributed by atoms with Crippen molar-refractivity contribution in [1.29, 1.82) is 0 Å². The Balaban J connectivity index is 2.21. The van der Waals surface area contributed by atoms with Crippen LogP contribution in [0, 0.1) is 0 Å². The van der Waals surface area contributed by atoms with Crippen molar-refractivity contribution in [3.63, 3.8) is 0 Å². The third-order valence-corrected chi connectivity index (χ3v) is 4.09. The standard InChI is InChI=1S/C14H18N2/c1-13(2,15)14(7-8-14)11-9-16-12-6-4-3-5-10(11)12/h3-6,9,16H,7-8,15H2,1-2H3. The van der Waals surface area contributed by atoms with Crippen LogP contribution in [0.25, 0.3) is 10.9 Å². The summed E-state index contributed by atoms with van der Waals surface area (Å²) in [6.45, 7) is 4.28. The molecule has 1 fully saturated rings. The minimum absolute atomic E-state index is 0.141. The van der Waals surface area contributed by atoms with Crippen LogP contribution in [-0.2, 0) is 5.41 Å². The molecule has 0 aliphatic heterocycles. The molecule has 1 aromatic carbocycles. The molecule has 3 N–H and O–H groups in total. The van der Waals surface area contributed by atoms with Gasteiger partial charge in [-0.15, -0.1) is 0 Å². The highest BCUT2D eigenvalue weighted by Crippen LogP contribution is 2.56. The molecule has 0 amide bonds. The number of fused-ring (bicyclic) bond motifs is 1. The van der Waals surface area contributed by atoms with E-state index in [1.165, 1.54) is 29.3 Å². The van der Waals surface area contributed by atoms with Crippen LogP contribution >= 0.6 is 0 Å². The van der Waals surface area contributed by atoms with Gasteiger partial charge in [0, 0.05) is 28.1 Å². The van der Waals surface area contributed by atoms with Gasteiger partial charge in [-0.3, -0.25) is 0 Å². The van der Waals surface area contributed by atoms with E-state index in [-0.39, 0.29) is 11.0 Å². The topological polar surface area (TPSA) is 41.8 Å². The molecular weight excluding hydrogens is 196 g/mol. The van der Waals surface area contributed by atoms with Gasteiger partial charge in [-0.05, 0) is 38.3 Å². The summed E-state index contributed by atoms with van der Waals surface area (Å²) in [6.07, 6.45) is 4.56. The quantitative estimate of drug-likeness (QED) is 0.793. The molecule has 16 heavy (non-hydrogen) atoms. The van der Waals surface area contributed by atoms with Gasteiger partial charge in [-0.1, -0.05) is 18.2 Å². The fraction of sp³-hybridized carbons (Fsp3) is 0.429. The second kappa shape index (κ2) is 2.89. The molecule has 84 valence electrons. The van der Waals surface area contributed by atoms with Gasteiger partial charge in [0.25, 0.3) is 0 Å². The van der Waals surface area contributed by atoms with Gasteiger partial charge in [-0.25, -0.2) is 0 Å². The Bertz CT molecular complexity index is 527. The van der Waals surface area contributed by atoms with Crippen LogP contribution in [0.3, 0.4) is 0 Å². The summed E-state index contributed by atoms with van der Waals surface area (Å²) in [6, 6.07) is 8.47. The van der Waals surface area contributed by atoms with Crippen molar-refractivity contribution in [1.82, 2.24) is 4.98 Å². The fourth-order valence-corrected chi connectivity index (χ4v) is 2.85. The summed E-state index contributed by atoms with van der Waals surface area (Å²) >= 11 is 0. The zero-order valence-electron chi connectivity index (χ0n) is 9.88. The predicted octanol–water partition coefficient (Wildman–Crippen LogP) is 2.94. The van der Waals surface area contributed by atoms with Gasteiger partial charge in [-0.2, -0.15) is 0 Å². The number of benzene rings is 1. The van der Waals surface area contributed by atoms with Crippen molar-refractivity contribution in [2.24, 2.45) is 5.73 Å². The average molecular weight is 214 g/mol. The van der Waals surface area contributed by atoms with Crippen molar-refractivity contribution in [2.45, 2.75) is 37.6 Å². The first-order valence-corrected chi connectivity index (χ1v) is 5.90. The average Bonchev–Trinajstić information content (AvgIpc) is 2.93. The number of para-hydroxylation sites is 1. The van der Waals surface area contributed by atoms with Gasteiger partial charge in [0.15, 0.2) is 0 Å². The third kappa shape index (κ3) is 1.17. The maximum Gasteiger partial charge on any atom is 0.0457 e. The molecule has 1 aromatic heterocycles. The summed E-state index contributed by atoms with van der Waals surface area (Å²) in [5, 5.41) is 1.33. The van der Waals surface area contributed by atoms with Gasteiger partial charge in [0.2, 0.25) is 0 Å². The highest BCUT2D eigenvalue weighted by molar-refractivity contribution is 5.85. The monoisotopic (exact) mass is 214 g/mol. The molecule has 2 nitrogen and oxygen atoms in total. The number of hydrogen-bond acceptors (Lipinski definition) is 1. The fourth-order valence-electron chi connectivity index (χ4n) is 2.85. The van der Waals surface area contributed by atoms with E-state index >= 15 is 0 Å². The van der Waals surface area contributed by atoms with E-state index in [4.69, 9.17) is 5.73 Å². The van der Waals surface area contributed by atoms with Crippen molar-refractivity contribution >= 4 is 10.9 Å². The van der Waals surface area contributed by atoms with Crippen LogP contribution in [0.5, 0.6) is 0 Å². The minimum atomic E-state index is -0.141. The Morgan fingerprint density at radius 3 is 2.56 bits per heavy atom. The molecule has 3 rings (SSSR count). The van der Waals surface area contributed by atoms with Crippen LogP contribution in [0.1, 0.15) is 32.3 Å². The molecule has 2 aromatic rings. The lowest BCUT2D eigenvalue weighted by molar-refractivity contribution is 0.394. The Morgan fingerprint density at radius 1 is 1.25 bits per heavy atom. The molecule has 0 radical (unpaired) electrons. The zero-order valence-corrected chi connectivity index (χ0v) is 9.88. The SMILES string of the molecule is CC(C)(N)C1(c2c[nH]c3ccccc23)CC1. The minimum Gasteiger partial charge on any atom is -0.361 e. The lowest BCUT2D eigenvalue weighted by Crippen LogP contribution is -2.45. The number of rotatable bonds is 2. The van der Waals surface area contributed by atoms with E-state index in [1.54, 1.807) is 0 Å². The summed E-state index contributed by atoms with van der Waals surface area (Å²) in [4.78, 5) is 3.35. The highest BCUT2D eigenvalue weighted by Gasteiger charge is 2.54. The summed E-state index contributed by atoms with van der Waals surface area (Å²) in [5.74, 6) is 0. The largest absolute Gasteiger partial charge is 0.361 e. The number of aromatic amines is 1. The summed E-state index contributed by atoms with van der Waals surface area (Å²) in [5.41, 5.74) is 9.00. The second-order valence-corrected chi connectivity index (χ2v) is 5.55. The first-order chi connectivity index (χ1) is 7.55. The van der Waals surface area contributed by atoms with Crippen LogP contribution in [0.4, 0.5) is 0 Å². The lowest BCUT2D eigenvalue weighted by atomic mass is 9.79. The highest BCUT2D eigenvalue weighted by atomic mass is 14.8. The van der Waals surface area contributed by atoms with Crippen molar-refractivity contribution in [2.75, 3.05) is 0 Å². The van der Waals surface area contributed by atoms with E-state index in [9.17, 15) is 0 Å². The molecular formula is C14H18N2. The number of nitrogens with two attached hydrogens (primary N) is 1. The Labute approximate surface area is 95.8 Å². The molecule has 1 aliphatic rings. The molecule has 0 unspecified atom stereocenters. The molecule has 1 saturated carbocycles. The molecule has 1 aliphatic carbocycles. The summed E-state index contributed by atoms with van der Waals surface area (Å²) < 4.78 is 0. The predicted molar refractivity (Wildman–Crippen MR) is 67.5 cm³/mol. The number of aromatic nitrogens is 1. The number of H-pyrrole nitrogens is 1. The van der Waals surface area contributed by atoms with Gasteiger partial charge >= 0.3 is 0 Å². The van der Waals surface area contributed by atoms with E-state index in [1.807, 2.05) is 0 Å². The van der Waals surface area contributed by atoms with E-state index in [2.05, 4.69) is 49.3 Å². The van der Waals surface area contributed by atoms with E-state index in [0.717, 1.165) is 0 Å². The molecule has 0 spiro atoms. The first kappa shape index (κ1) is 9.91. The van der Waals surface area contributed by atoms with Gasteiger partial charge in [0.05, 0.1) is 0 Å². The second-order valence-electron chi connectivity index (χ2n) is 5.55. The Hall–Kier alpha value is -1.28. The van der Waals surface area contributed by atoms with Crippen molar-refractivity contribution < 1.29 is 0 Å². The smallest absolute Gasteiger partial charge is 0.0457 e. The van der Waals surface area contributed by atoms with Crippen LogP contribution in [-0.4, -0.2) is 10.5 Å². The van der Waals surface area contributed by atoms with Crippen LogP contribution < -0.4 is 5.73 Å². The maximum absolute atomic E-state index is 6.34. The first-order valence-electron chi connectivity index (χ1n) is 5.90. The normalized spacial score (nSPS) is 18.9. The zero-order chi connectivity index (χ0) is 11.4. The third-order valence-electron chi connectivity index (χ3n) is 4.09. The number of hydrogen-bond donors (Lipinski definition) is 2. The lowest BCUT2D eigenvalue weighted by Gasteiger charge is -2.30. The molecule has 2 heteroatoms. The van der Waals surface area contributed by atoms with E-state index < -0.39 is 0 Å².